The molecule has 0 aliphatic carbocycles. The quantitative estimate of drug-likeness (QED) is 0.741. The molecule has 0 fully saturated rings. The molecule has 7 heteroatoms. The number of carboxylic acid groups (broad SMARTS) is 1. The number of carbonyl (C=O) groups is 2. The fourth-order valence-electron chi connectivity index (χ4n) is 2.26. The Hall–Kier alpha value is -2.41. The molecule has 25 heavy (non-hydrogen) atoms. The lowest BCUT2D eigenvalue weighted by Crippen LogP contribution is -2.29. The number of rotatable bonds is 9. The van der Waals surface area contributed by atoms with Crippen LogP contribution in [0, 0.1) is 0 Å². The van der Waals surface area contributed by atoms with E-state index in [1.807, 2.05) is 36.6 Å². The summed E-state index contributed by atoms with van der Waals surface area (Å²) in [5, 5.41) is 11.4. The fourth-order valence-corrected chi connectivity index (χ4v) is 3.09. The number of likely N-dealkylation sites (N-methyl/N-ethyl adjacent to an activating group) is 1. The Morgan fingerprint density at radius 1 is 1.28 bits per heavy atom. The number of ether oxygens (including phenoxy) is 1. The van der Waals surface area contributed by atoms with E-state index in [2.05, 4.69) is 4.98 Å². The molecule has 0 saturated carbocycles. The van der Waals surface area contributed by atoms with Crippen molar-refractivity contribution in [1.82, 2.24) is 9.88 Å². The molecule has 0 aliphatic rings. The molecule has 0 atom stereocenters. The normalized spacial score (nSPS) is 10.5. The van der Waals surface area contributed by atoms with Gasteiger partial charge in [-0.2, -0.15) is 0 Å². The first-order valence-corrected chi connectivity index (χ1v) is 9.01. The summed E-state index contributed by atoms with van der Waals surface area (Å²) in [7, 11) is 1.68. The largest absolute Gasteiger partial charge is 0.494 e. The van der Waals surface area contributed by atoms with Crippen molar-refractivity contribution in [2.24, 2.45) is 0 Å². The molecule has 0 saturated heterocycles. The summed E-state index contributed by atoms with van der Waals surface area (Å²) >= 11 is 1.50. The first kappa shape index (κ1) is 18.9. The predicted molar refractivity (Wildman–Crippen MR) is 96.9 cm³/mol. The van der Waals surface area contributed by atoms with E-state index in [1.54, 1.807) is 11.9 Å². The highest BCUT2D eigenvalue weighted by atomic mass is 32.1. The molecule has 2 rings (SSSR count). The number of benzene rings is 1. The van der Waals surface area contributed by atoms with E-state index >= 15 is 0 Å². The van der Waals surface area contributed by atoms with E-state index < -0.39 is 5.97 Å². The second kappa shape index (κ2) is 9.17. The number of thiazole rings is 1. The van der Waals surface area contributed by atoms with Crippen molar-refractivity contribution in [2.45, 2.75) is 26.2 Å². The van der Waals surface area contributed by atoms with Gasteiger partial charge in [0.1, 0.15) is 10.8 Å². The Kier molecular flexibility index (Phi) is 6.94. The Morgan fingerprint density at radius 2 is 2.00 bits per heavy atom. The molecule has 134 valence electrons. The summed E-state index contributed by atoms with van der Waals surface area (Å²) in [5.41, 5.74) is 1.71. The van der Waals surface area contributed by atoms with E-state index in [0.29, 0.717) is 19.6 Å². The molecule has 0 unspecified atom stereocenters. The zero-order valence-electron chi connectivity index (χ0n) is 14.4. The van der Waals surface area contributed by atoms with Gasteiger partial charge in [-0.15, -0.1) is 11.3 Å². The number of hydrogen-bond acceptors (Lipinski definition) is 5. The Labute approximate surface area is 151 Å². The molecule has 1 aromatic heterocycles. The maximum absolute atomic E-state index is 12.2. The van der Waals surface area contributed by atoms with Gasteiger partial charge in [-0.1, -0.05) is 0 Å². The summed E-state index contributed by atoms with van der Waals surface area (Å²) in [6.45, 7) is 3.00. The van der Waals surface area contributed by atoms with Crippen LogP contribution in [0.5, 0.6) is 5.75 Å². The third kappa shape index (κ3) is 5.86. The van der Waals surface area contributed by atoms with Gasteiger partial charge in [0.25, 0.3) is 0 Å². The van der Waals surface area contributed by atoms with Crippen LogP contribution in [0.4, 0.5) is 0 Å². The zero-order chi connectivity index (χ0) is 18.2. The summed E-state index contributed by atoms with van der Waals surface area (Å²) in [5.74, 6) is -0.0875. The Balaban J connectivity index is 1.92. The van der Waals surface area contributed by atoms with Gasteiger partial charge in [-0.25, -0.2) is 4.98 Å². The lowest BCUT2D eigenvalue weighted by atomic mass is 10.2. The van der Waals surface area contributed by atoms with Crippen LogP contribution in [-0.4, -0.2) is 47.1 Å². The molecule has 2 aromatic rings. The van der Waals surface area contributed by atoms with E-state index in [4.69, 9.17) is 9.84 Å². The molecule has 0 radical (unpaired) electrons. The Morgan fingerprint density at radius 3 is 2.64 bits per heavy atom. The number of aliphatic carboxylic acids is 1. The van der Waals surface area contributed by atoms with Crippen molar-refractivity contribution in [1.29, 1.82) is 0 Å². The maximum atomic E-state index is 12.2. The maximum Gasteiger partial charge on any atom is 0.303 e. The first-order chi connectivity index (χ1) is 12.0. The van der Waals surface area contributed by atoms with Gasteiger partial charge in [0.05, 0.1) is 18.7 Å². The summed E-state index contributed by atoms with van der Waals surface area (Å²) < 4.78 is 5.42. The predicted octanol–water partition coefficient (Wildman–Crippen LogP) is 3.07. The highest BCUT2D eigenvalue weighted by molar-refractivity contribution is 7.13. The Bertz CT molecular complexity index is 712. The van der Waals surface area contributed by atoms with Crippen molar-refractivity contribution < 1.29 is 19.4 Å². The third-order valence-corrected chi connectivity index (χ3v) is 4.55. The molecule has 0 bridgehead atoms. The second-order valence-electron chi connectivity index (χ2n) is 5.59. The number of hydrogen-bond donors (Lipinski definition) is 1. The number of aromatic nitrogens is 1. The minimum atomic E-state index is -0.847. The molecule has 1 amide bonds. The van der Waals surface area contributed by atoms with Gasteiger partial charge in [-0.3, -0.25) is 9.59 Å². The summed E-state index contributed by atoms with van der Waals surface area (Å²) in [6.07, 6.45) is 0.735. The molecule has 6 nitrogen and oxygen atoms in total. The lowest BCUT2D eigenvalue weighted by molar-refractivity contribution is -0.138. The average Bonchev–Trinajstić information content (AvgIpc) is 3.04. The van der Waals surface area contributed by atoms with Crippen LogP contribution in [0.25, 0.3) is 10.6 Å². The van der Waals surface area contributed by atoms with Crippen LogP contribution in [0.3, 0.4) is 0 Å². The number of carboxylic acids is 1. The molecule has 0 spiro atoms. The lowest BCUT2D eigenvalue weighted by Gasteiger charge is -2.15. The molecule has 0 aliphatic heterocycles. The first-order valence-electron chi connectivity index (χ1n) is 8.13. The van der Waals surface area contributed by atoms with Crippen LogP contribution >= 0.6 is 11.3 Å². The van der Waals surface area contributed by atoms with Crippen molar-refractivity contribution in [3.8, 4) is 16.3 Å². The van der Waals surface area contributed by atoms with Crippen LogP contribution in [0.1, 0.15) is 25.5 Å². The second-order valence-corrected chi connectivity index (χ2v) is 6.45. The van der Waals surface area contributed by atoms with Crippen LogP contribution in [0.2, 0.25) is 0 Å². The monoisotopic (exact) mass is 362 g/mol. The van der Waals surface area contributed by atoms with Crippen LogP contribution in [-0.2, 0) is 16.0 Å². The van der Waals surface area contributed by atoms with E-state index in [-0.39, 0.29) is 18.7 Å². The van der Waals surface area contributed by atoms with Gasteiger partial charge in [0.15, 0.2) is 0 Å². The fraction of sp³-hybridized carbons (Fsp3) is 0.389. The van der Waals surface area contributed by atoms with Gasteiger partial charge < -0.3 is 14.7 Å². The molecular weight excluding hydrogens is 340 g/mol. The topological polar surface area (TPSA) is 79.7 Å². The van der Waals surface area contributed by atoms with Crippen LogP contribution < -0.4 is 4.74 Å². The highest BCUT2D eigenvalue weighted by Crippen LogP contribution is 2.26. The van der Waals surface area contributed by atoms with Gasteiger partial charge in [-0.05, 0) is 37.6 Å². The van der Waals surface area contributed by atoms with Gasteiger partial charge in [0, 0.05) is 31.0 Å². The van der Waals surface area contributed by atoms with Crippen molar-refractivity contribution in [3.05, 3.63) is 35.3 Å². The van der Waals surface area contributed by atoms with Crippen molar-refractivity contribution >= 4 is 23.2 Å². The minimum Gasteiger partial charge on any atom is -0.494 e. The molecular formula is C18H22N2O4S. The third-order valence-electron chi connectivity index (χ3n) is 3.61. The molecule has 1 N–H and O–H groups in total. The van der Waals surface area contributed by atoms with Crippen LogP contribution in [0.15, 0.2) is 29.6 Å². The number of amides is 1. The minimum absolute atomic E-state index is 0.0612. The van der Waals surface area contributed by atoms with E-state index in [0.717, 1.165) is 22.0 Å². The van der Waals surface area contributed by atoms with Crippen molar-refractivity contribution in [2.75, 3.05) is 20.2 Å². The molecule has 1 heterocycles. The van der Waals surface area contributed by atoms with Gasteiger partial charge in [0.2, 0.25) is 5.91 Å². The van der Waals surface area contributed by atoms with E-state index in [9.17, 15) is 9.59 Å². The standard InChI is InChI=1S/C18H22N2O4S/c1-3-24-15-8-6-13(7-9-15)18-19-14(12-25-18)11-16(21)20(2)10-4-5-17(22)23/h6-9,12H,3-5,10-11H2,1-2H3,(H,22,23). The average molecular weight is 362 g/mol. The number of nitrogens with zero attached hydrogens (tertiary/aromatic N) is 2. The smallest absolute Gasteiger partial charge is 0.303 e. The molecule has 1 aromatic carbocycles. The highest BCUT2D eigenvalue weighted by Gasteiger charge is 2.13. The SMILES string of the molecule is CCOc1ccc(-c2nc(CC(=O)N(C)CCCC(=O)O)cs2)cc1. The number of carbonyl (C=O) groups excluding carboxylic acids is 1. The van der Waals surface area contributed by atoms with Gasteiger partial charge >= 0.3 is 5.97 Å². The summed E-state index contributed by atoms with van der Waals surface area (Å²) in [4.78, 5) is 28.8. The van der Waals surface area contributed by atoms with Crippen molar-refractivity contribution in [3.63, 3.8) is 0 Å². The summed E-state index contributed by atoms with van der Waals surface area (Å²) in [6, 6.07) is 7.71. The zero-order valence-corrected chi connectivity index (χ0v) is 15.2. The van der Waals surface area contributed by atoms with E-state index in [1.165, 1.54) is 11.3 Å².